The van der Waals surface area contributed by atoms with Crippen LogP contribution in [0.25, 0.3) is 28.2 Å². The fraction of sp³-hybridized carbons (Fsp3) is 0.387. The van der Waals surface area contributed by atoms with E-state index in [2.05, 4.69) is 0 Å². The number of aliphatic hydroxyl groups is 4. The molecule has 0 saturated carbocycles. The summed E-state index contributed by atoms with van der Waals surface area (Å²) < 4.78 is 23.1. The fourth-order valence-corrected chi connectivity index (χ4v) is 5.05. The quantitative estimate of drug-likeness (QED) is 0.235. The molecule has 0 unspecified atom stereocenters. The van der Waals surface area contributed by atoms with Crippen LogP contribution in [0.3, 0.4) is 0 Å². The van der Waals surface area contributed by atoms with Crippen molar-refractivity contribution in [2.24, 2.45) is 0 Å². The molecule has 2 aromatic carbocycles. The van der Waals surface area contributed by atoms with Crippen LogP contribution >= 0.6 is 0 Å². The Hall–Kier alpha value is -3.87. The molecule has 2 aliphatic rings. The van der Waals surface area contributed by atoms with Gasteiger partial charge in [-0.15, -0.1) is 0 Å². The van der Waals surface area contributed by atoms with Crippen molar-refractivity contribution < 1.29 is 49.3 Å². The molecule has 0 bridgehead atoms. The maximum atomic E-state index is 13.8. The summed E-state index contributed by atoms with van der Waals surface area (Å²) in [7, 11) is 0. The van der Waals surface area contributed by atoms with E-state index in [-0.39, 0.29) is 39.3 Å². The van der Waals surface area contributed by atoms with Crippen molar-refractivity contribution >= 4 is 17.0 Å². The van der Waals surface area contributed by atoms with E-state index in [9.17, 15) is 35.4 Å². The summed E-state index contributed by atoms with van der Waals surface area (Å²) in [5, 5.41) is 61.7. The van der Waals surface area contributed by atoms with Gasteiger partial charge in [0.15, 0.2) is 0 Å². The first-order chi connectivity index (χ1) is 19.8. The summed E-state index contributed by atoms with van der Waals surface area (Å²) in [4.78, 5) is 13.8. The van der Waals surface area contributed by atoms with Crippen LogP contribution in [0.1, 0.15) is 38.8 Å². The Balaban J connectivity index is 1.56. The highest BCUT2D eigenvalue weighted by molar-refractivity contribution is 5.96. The number of hydrogen-bond acceptors (Lipinski definition) is 11. The van der Waals surface area contributed by atoms with Crippen LogP contribution in [0.4, 0.5) is 0 Å². The number of aliphatic hydroxyl groups excluding tert-OH is 4. The second-order valence-corrected chi connectivity index (χ2v) is 11.3. The largest absolute Gasteiger partial charge is 0.507 e. The van der Waals surface area contributed by atoms with Gasteiger partial charge in [-0.2, -0.15) is 0 Å². The van der Waals surface area contributed by atoms with Gasteiger partial charge in [0.1, 0.15) is 70.2 Å². The van der Waals surface area contributed by atoms with Gasteiger partial charge >= 0.3 is 0 Å². The van der Waals surface area contributed by atoms with Gasteiger partial charge in [0.05, 0.1) is 17.7 Å². The smallest absolute Gasteiger partial charge is 0.229 e. The van der Waals surface area contributed by atoms with E-state index >= 15 is 0 Å². The van der Waals surface area contributed by atoms with Crippen molar-refractivity contribution in [3.8, 4) is 34.1 Å². The molecule has 1 fully saturated rings. The minimum absolute atomic E-state index is 0.0107. The van der Waals surface area contributed by atoms with Gasteiger partial charge in [-0.25, -0.2) is 0 Å². The van der Waals surface area contributed by atoms with Crippen molar-refractivity contribution in [1.82, 2.24) is 0 Å². The summed E-state index contributed by atoms with van der Waals surface area (Å²) in [6, 6.07) is 3.95. The average Bonchev–Trinajstić information content (AvgIpc) is 2.93. The van der Waals surface area contributed by atoms with Gasteiger partial charge in [-0.05, 0) is 58.4 Å². The first-order valence-electron chi connectivity index (χ1n) is 13.5. The number of rotatable bonds is 6. The van der Waals surface area contributed by atoms with Crippen LogP contribution in [-0.2, 0) is 11.2 Å². The highest BCUT2D eigenvalue weighted by Crippen LogP contribution is 2.45. The number of phenolic OH excluding ortho intramolecular Hbond substituents is 2. The van der Waals surface area contributed by atoms with E-state index < -0.39 is 48.3 Å². The maximum absolute atomic E-state index is 13.8. The summed E-state index contributed by atoms with van der Waals surface area (Å²) in [6.45, 7) is 7.03. The minimum atomic E-state index is -1.64. The highest BCUT2D eigenvalue weighted by atomic mass is 16.7. The predicted octanol–water partition coefficient (Wildman–Crippen LogP) is 2.74. The molecule has 0 spiro atoms. The molecule has 0 amide bonds. The molecule has 6 N–H and O–H groups in total. The van der Waals surface area contributed by atoms with E-state index in [1.54, 1.807) is 12.2 Å². The third kappa shape index (κ3) is 5.25. The number of benzene rings is 2. The Labute approximate surface area is 241 Å². The van der Waals surface area contributed by atoms with Crippen LogP contribution in [-0.4, -0.2) is 73.6 Å². The van der Waals surface area contributed by atoms with E-state index in [0.717, 1.165) is 5.57 Å². The van der Waals surface area contributed by atoms with Crippen molar-refractivity contribution in [3.05, 3.63) is 63.5 Å². The summed E-state index contributed by atoms with van der Waals surface area (Å²) in [6.07, 6.45) is -0.389. The Bertz CT molecular complexity index is 1630. The van der Waals surface area contributed by atoms with E-state index in [0.29, 0.717) is 23.3 Å². The molecule has 42 heavy (non-hydrogen) atoms. The molecule has 1 saturated heterocycles. The van der Waals surface area contributed by atoms with Crippen LogP contribution in [0.15, 0.2) is 51.4 Å². The lowest BCUT2D eigenvalue weighted by Gasteiger charge is -2.39. The number of aromatic hydroxyl groups is 2. The molecule has 5 atom stereocenters. The Kier molecular flexibility index (Phi) is 7.82. The molecule has 2 aliphatic heterocycles. The molecule has 5 rings (SSSR count). The lowest BCUT2D eigenvalue weighted by molar-refractivity contribution is -0.277. The molecular formula is C31H34O11. The highest BCUT2D eigenvalue weighted by Gasteiger charge is 2.44. The Morgan fingerprint density at radius 3 is 2.48 bits per heavy atom. The third-order valence-corrected chi connectivity index (χ3v) is 7.37. The van der Waals surface area contributed by atoms with Crippen molar-refractivity contribution in [2.45, 2.75) is 70.4 Å². The van der Waals surface area contributed by atoms with E-state index in [4.69, 9.17) is 18.6 Å². The number of fused-ring (bicyclic) bond motifs is 2. The summed E-state index contributed by atoms with van der Waals surface area (Å²) in [5.41, 5.74) is 1.02. The molecule has 224 valence electrons. The lowest BCUT2D eigenvalue weighted by Crippen LogP contribution is -2.60. The standard InChI is InChI=1S/C31H34O11/c1-14(2)5-7-18-28-17(9-10-31(3,4)42-28)23(34)22-24(35)19(13-39-29(18)22)16-8-6-15(11-20(16)33)40-30-27(38)26(37)25(36)21(12-32)41-30/h5-6,8-11,13,21,25-27,30,32-34,36-38H,7,12H2,1-4H3/t21-,25+,26-,27+,30+/m0/s1. The fourth-order valence-electron chi connectivity index (χ4n) is 5.05. The molecule has 3 heterocycles. The topological polar surface area (TPSA) is 179 Å². The summed E-state index contributed by atoms with van der Waals surface area (Å²) in [5.74, 6) is -0.240. The van der Waals surface area contributed by atoms with Crippen LogP contribution in [0.2, 0.25) is 0 Å². The first-order valence-corrected chi connectivity index (χ1v) is 13.5. The second kappa shape index (κ2) is 11.1. The number of phenols is 2. The normalized spacial score (nSPS) is 24.6. The maximum Gasteiger partial charge on any atom is 0.229 e. The van der Waals surface area contributed by atoms with Crippen molar-refractivity contribution in [1.29, 1.82) is 0 Å². The molecule has 1 aromatic heterocycles. The Morgan fingerprint density at radius 1 is 1.07 bits per heavy atom. The monoisotopic (exact) mass is 582 g/mol. The van der Waals surface area contributed by atoms with E-state index in [1.165, 1.54) is 24.5 Å². The Morgan fingerprint density at radius 2 is 1.81 bits per heavy atom. The SMILES string of the molecule is CC(C)=CCc1c2c(c(O)c3c(=O)c(-c4ccc(O[C@@H]5O[C@@H](CO)[C@@H](O)[C@H](O)[C@H]5O)cc4O)coc13)C=CC(C)(C)O2. The van der Waals surface area contributed by atoms with Gasteiger partial charge < -0.3 is 49.3 Å². The van der Waals surface area contributed by atoms with Crippen molar-refractivity contribution in [3.63, 3.8) is 0 Å². The average molecular weight is 583 g/mol. The molecular weight excluding hydrogens is 548 g/mol. The summed E-state index contributed by atoms with van der Waals surface area (Å²) >= 11 is 0. The van der Waals surface area contributed by atoms with Crippen LogP contribution in [0, 0.1) is 0 Å². The molecule has 11 nitrogen and oxygen atoms in total. The molecule has 3 aromatic rings. The molecule has 0 radical (unpaired) electrons. The number of allylic oxidation sites excluding steroid dienone is 2. The van der Waals surface area contributed by atoms with Gasteiger partial charge in [-0.3, -0.25) is 4.79 Å². The van der Waals surface area contributed by atoms with Crippen LogP contribution < -0.4 is 14.9 Å². The zero-order valence-corrected chi connectivity index (χ0v) is 23.6. The van der Waals surface area contributed by atoms with Gasteiger partial charge in [-0.1, -0.05) is 11.6 Å². The zero-order chi connectivity index (χ0) is 30.5. The van der Waals surface area contributed by atoms with Gasteiger partial charge in [0.25, 0.3) is 0 Å². The third-order valence-electron chi connectivity index (χ3n) is 7.37. The van der Waals surface area contributed by atoms with E-state index in [1.807, 2.05) is 33.8 Å². The second-order valence-electron chi connectivity index (χ2n) is 11.3. The van der Waals surface area contributed by atoms with Crippen LogP contribution in [0.5, 0.6) is 23.0 Å². The number of hydrogen-bond donors (Lipinski definition) is 6. The molecule has 11 heteroatoms. The number of ether oxygens (including phenoxy) is 3. The van der Waals surface area contributed by atoms with Gasteiger partial charge in [0.2, 0.25) is 11.7 Å². The first kappa shape index (κ1) is 29.6. The minimum Gasteiger partial charge on any atom is -0.507 e. The van der Waals surface area contributed by atoms with Crippen molar-refractivity contribution in [2.75, 3.05) is 6.61 Å². The molecule has 0 aliphatic carbocycles. The lowest BCUT2D eigenvalue weighted by atomic mass is 9.93. The predicted molar refractivity (Wildman–Crippen MR) is 153 cm³/mol. The van der Waals surface area contributed by atoms with Gasteiger partial charge in [0, 0.05) is 17.2 Å². The zero-order valence-electron chi connectivity index (χ0n) is 23.6.